The van der Waals surface area contributed by atoms with E-state index in [2.05, 4.69) is 41.1 Å². The second-order valence-electron chi connectivity index (χ2n) is 5.65. The van der Waals surface area contributed by atoms with Crippen LogP contribution in [0.3, 0.4) is 0 Å². The van der Waals surface area contributed by atoms with Crippen molar-refractivity contribution in [1.82, 2.24) is 15.3 Å². The van der Waals surface area contributed by atoms with Crippen LogP contribution >= 0.6 is 0 Å². The molecule has 0 aromatic carbocycles. The Morgan fingerprint density at radius 3 is 2.56 bits per heavy atom. The molecule has 1 fully saturated rings. The summed E-state index contributed by atoms with van der Waals surface area (Å²) in [4.78, 5) is 11.0. The van der Waals surface area contributed by atoms with Crippen LogP contribution in [0.5, 0.6) is 0 Å². The van der Waals surface area contributed by atoms with Crippen LogP contribution in [0.25, 0.3) is 0 Å². The number of anilines is 1. The highest BCUT2D eigenvalue weighted by molar-refractivity contribution is 5.28. The lowest BCUT2D eigenvalue weighted by molar-refractivity contribution is 0.581. The van der Waals surface area contributed by atoms with Gasteiger partial charge in [-0.05, 0) is 25.2 Å². The molecule has 1 saturated carbocycles. The van der Waals surface area contributed by atoms with Crippen LogP contribution in [0.2, 0.25) is 0 Å². The molecule has 4 heteroatoms. The van der Waals surface area contributed by atoms with Gasteiger partial charge in [-0.3, -0.25) is 0 Å². The van der Waals surface area contributed by atoms with E-state index in [-0.39, 0.29) is 0 Å². The van der Waals surface area contributed by atoms with Crippen LogP contribution in [0.15, 0.2) is 12.4 Å². The number of nitrogens with one attached hydrogen (secondary N) is 1. The molecule has 4 nitrogen and oxygen atoms in total. The molecule has 1 N–H and O–H groups in total. The van der Waals surface area contributed by atoms with Crippen molar-refractivity contribution in [2.24, 2.45) is 5.92 Å². The highest BCUT2D eigenvalue weighted by Crippen LogP contribution is 2.19. The standard InChI is InChI=1S/C14H24N4/c1-11(2)6-7-18(3)14-16-9-12(10-17-14)8-15-13-4-5-13/h9-11,13,15H,4-8H2,1-3H3. The first-order valence-electron chi connectivity index (χ1n) is 6.90. The van der Waals surface area contributed by atoms with E-state index in [9.17, 15) is 0 Å². The van der Waals surface area contributed by atoms with Crippen molar-refractivity contribution in [2.45, 2.75) is 45.7 Å². The minimum atomic E-state index is 0.717. The predicted molar refractivity (Wildman–Crippen MR) is 74.6 cm³/mol. The van der Waals surface area contributed by atoms with Crippen LogP contribution in [-0.2, 0) is 6.54 Å². The summed E-state index contributed by atoms with van der Waals surface area (Å²) in [6.07, 6.45) is 7.67. The third kappa shape index (κ3) is 4.26. The Labute approximate surface area is 110 Å². The molecule has 18 heavy (non-hydrogen) atoms. The Hall–Kier alpha value is -1.16. The zero-order chi connectivity index (χ0) is 13.0. The molecule has 0 atom stereocenters. The molecule has 1 aliphatic carbocycles. The minimum Gasteiger partial charge on any atom is -0.344 e. The smallest absolute Gasteiger partial charge is 0.224 e. The molecule has 1 aliphatic rings. The fraction of sp³-hybridized carbons (Fsp3) is 0.714. The molecular formula is C14H24N4. The van der Waals surface area contributed by atoms with Crippen molar-refractivity contribution >= 4 is 5.95 Å². The number of nitrogens with zero attached hydrogens (tertiary/aromatic N) is 3. The molecule has 1 aromatic rings. The number of rotatable bonds is 7. The molecule has 0 saturated heterocycles. The highest BCUT2D eigenvalue weighted by atomic mass is 15.2. The topological polar surface area (TPSA) is 41.1 Å². The van der Waals surface area contributed by atoms with Gasteiger partial charge in [0.05, 0.1) is 0 Å². The van der Waals surface area contributed by atoms with Gasteiger partial charge >= 0.3 is 0 Å². The second kappa shape index (κ2) is 6.14. The molecule has 0 bridgehead atoms. The van der Waals surface area contributed by atoms with E-state index in [0.29, 0.717) is 0 Å². The quantitative estimate of drug-likeness (QED) is 0.803. The van der Waals surface area contributed by atoms with Gasteiger partial charge in [-0.1, -0.05) is 13.8 Å². The molecule has 0 radical (unpaired) electrons. The minimum absolute atomic E-state index is 0.717. The zero-order valence-electron chi connectivity index (χ0n) is 11.7. The van der Waals surface area contributed by atoms with E-state index in [1.807, 2.05) is 12.4 Å². The third-order valence-electron chi connectivity index (χ3n) is 3.25. The summed E-state index contributed by atoms with van der Waals surface area (Å²) in [7, 11) is 2.06. The van der Waals surface area contributed by atoms with Gasteiger partial charge in [-0.15, -0.1) is 0 Å². The molecular weight excluding hydrogens is 224 g/mol. The summed E-state index contributed by atoms with van der Waals surface area (Å²) in [6, 6.07) is 0.735. The number of hydrogen-bond donors (Lipinski definition) is 1. The summed E-state index contributed by atoms with van der Waals surface area (Å²) >= 11 is 0. The maximum absolute atomic E-state index is 4.43. The van der Waals surface area contributed by atoms with Crippen LogP contribution in [-0.4, -0.2) is 29.6 Å². The van der Waals surface area contributed by atoms with Gasteiger partial charge in [0.2, 0.25) is 5.95 Å². The Bertz CT molecular complexity index is 357. The zero-order valence-corrected chi connectivity index (χ0v) is 11.7. The van der Waals surface area contributed by atoms with Crippen LogP contribution in [0.1, 0.15) is 38.7 Å². The van der Waals surface area contributed by atoms with Crippen molar-refractivity contribution in [1.29, 1.82) is 0 Å². The van der Waals surface area contributed by atoms with Crippen molar-refractivity contribution in [3.05, 3.63) is 18.0 Å². The highest BCUT2D eigenvalue weighted by Gasteiger charge is 2.19. The van der Waals surface area contributed by atoms with E-state index in [4.69, 9.17) is 0 Å². The third-order valence-corrected chi connectivity index (χ3v) is 3.25. The molecule has 100 valence electrons. The van der Waals surface area contributed by atoms with Gasteiger partial charge < -0.3 is 10.2 Å². The van der Waals surface area contributed by atoms with Crippen LogP contribution < -0.4 is 10.2 Å². The Balaban J connectivity index is 1.81. The molecule has 1 heterocycles. The monoisotopic (exact) mass is 248 g/mol. The van der Waals surface area contributed by atoms with Gasteiger partial charge in [0.1, 0.15) is 0 Å². The number of aromatic nitrogens is 2. The number of hydrogen-bond acceptors (Lipinski definition) is 4. The fourth-order valence-corrected chi connectivity index (χ4v) is 1.74. The van der Waals surface area contributed by atoms with Crippen LogP contribution in [0.4, 0.5) is 5.95 Å². The normalized spacial score (nSPS) is 15.1. The largest absolute Gasteiger partial charge is 0.344 e. The Morgan fingerprint density at radius 1 is 1.33 bits per heavy atom. The Morgan fingerprint density at radius 2 is 2.00 bits per heavy atom. The summed E-state index contributed by atoms with van der Waals surface area (Å²) < 4.78 is 0. The summed E-state index contributed by atoms with van der Waals surface area (Å²) in [5, 5.41) is 3.47. The average Bonchev–Trinajstić information content (AvgIpc) is 3.18. The maximum Gasteiger partial charge on any atom is 0.224 e. The van der Waals surface area contributed by atoms with Crippen molar-refractivity contribution in [3.63, 3.8) is 0 Å². The second-order valence-corrected chi connectivity index (χ2v) is 5.65. The lowest BCUT2D eigenvalue weighted by Crippen LogP contribution is -2.22. The molecule has 2 rings (SSSR count). The van der Waals surface area contributed by atoms with Gasteiger partial charge in [0, 0.05) is 44.1 Å². The maximum atomic E-state index is 4.43. The summed E-state index contributed by atoms with van der Waals surface area (Å²) in [5.41, 5.74) is 1.17. The van der Waals surface area contributed by atoms with Crippen molar-refractivity contribution in [3.8, 4) is 0 Å². The van der Waals surface area contributed by atoms with Gasteiger partial charge in [-0.25, -0.2) is 9.97 Å². The summed E-state index contributed by atoms with van der Waals surface area (Å²) in [5.74, 6) is 1.54. The Kier molecular flexibility index (Phi) is 4.53. The molecule has 1 aromatic heterocycles. The van der Waals surface area contributed by atoms with E-state index >= 15 is 0 Å². The first-order valence-corrected chi connectivity index (χ1v) is 6.90. The van der Waals surface area contributed by atoms with E-state index in [0.717, 1.165) is 31.0 Å². The van der Waals surface area contributed by atoms with Gasteiger partial charge in [-0.2, -0.15) is 0 Å². The van der Waals surface area contributed by atoms with Gasteiger partial charge in [0.15, 0.2) is 0 Å². The molecule has 0 spiro atoms. The van der Waals surface area contributed by atoms with Crippen molar-refractivity contribution < 1.29 is 0 Å². The SMILES string of the molecule is CC(C)CCN(C)c1ncc(CNC2CC2)cn1. The van der Waals surface area contributed by atoms with E-state index in [1.165, 1.54) is 24.8 Å². The first kappa shape index (κ1) is 13.3. The molecule has 0 aliphatic heterocycles. The first-order chi connectivity index (χ1) is 8.65. The fourth-order valence-electron chi connectivity index (χ4n) is 1.74. The van der Waals surface area contributed by atoms with Crippen LogP contribution in [0, 0.1) is 5.92 Å². The lowest BCUT2D eigenvalue weighted by atomic mass is 10.1. The van der Waals surface area contributed by atoms with Gasteiger partial charge in [0.25, 0.3) is 0 Å². The predicted octanol–water partition coefficient (Wildman–Crippen LogP) is 2.21. The summed E-state index contributed by atoms with van der Waals surface area (Å²) in [6.45, 7) is 6.38. The molecule has 0 amide bonds. The average molecular weight is 248 g/mol. The van der Waals surface area contributed by atoms with Crippen molar-refractivity contribution in [2.75, 3.05) is 18.5 Å². The molecule has 0 unspecified atom stereocenters. The lowest BCUT2D eigenvalue weighted by Gasteiger charge is -2.18. The van der Waals surface area contributed by atoms with E-state index in [1.54, 1.807) is 0 Å². The van der Waals surface area contributed by atoms with E-state index < -0.39 is 0 Å².